The van der Waals surface area contributed by atoms with Gasteiger partial charge in [-0.15, -0.1) is 0 Å². The number of ether oxygens (including phenoxy) is 4. The van der Waals surface area contributed by atoms with E-state index in [2.05, 4.69) is 10.6 Å². The maximum Gasteiger partial charge on any atom is 0.253 e. The maximum atomic E-state index is 12.8. The Balaban J connectivity index is 1.61. The van der Waals surface area contributed by atoms with Gasteiger partial charge in [0.15, 0.2) is 23.0 Å². The fourth-order valence-corrected chi connectivity index (χ4v) is 3.61. The highest BCUT2D eigenvalue weighted by Gasteiger charge is 2.14. The van der Waals surface area contributed by atoms with Gasteiger partial charge in [0.2, 0.25) is 5.91 Å². The van der Waals surface area contributed by atoms with Crippen molar-refractivity contribution in [3.05, 3.63) is 77.4 Å². The Morgan fingerprint density at radius 1 is 0.714 bits per heavy atom. The van der Waals surface area contributed by atoms with E-state index in [-0.39, 0.29) is 18.2 Å². The minimum absolute atomic E-state index is 0.121. The van der Waals surface area contributed by atoms with Gasteiger partial charge in [-0.2, -0.15) is 0 Å². The summed E-state index contributed by atoms with van der Waals surface area (Å²) in [5, 5.41) is 5.75. The average Bonchev–Trinajstić information content (AvgIpc) is 2.88. The number of carbonyl (C=O) groups excluding carboxylic acids is 2. The molecule has 0 heterocycles. The Bertz CT molecular complexity index is 1180. The van der Waals surface area contributed by atoms with Crippen LogP contribution in [-0.2, 0) is 17.6 Å². The minimum Gasteiger partial charge on any atom is -0.493 e. The summed E-state index contributed by atoms with van der Waals surface area (Å²) in [6.45, 7) is 0.419. The lowest BCUT2D eigenvalue weighted by atomic mass is 10.1. The van der Waals surface area contributed by atoms with Crippen molar-refractivity contribution in [2.45, 2.75) is 12.8 Å². The highest BCUT2D eigenvalue weighted by atomic mass is 16.5. The Kier molecular flexibility index (Phi) is 8.95. The molecule has 2 amide bonds. The van der Waals surface area contributed by atoms with Crippen molar-refractivity contribution >= 4 is 17.5 Å². The van der Waals surface area contributed by atoms with Crippen molar-refractivity contribution in [1.29, 1.82) is 0 Å². The Morgan fingerprint density at radius 2 is 1.29 bits per heavy atom. The fourth-order valence-electron chi connectivity index (χ4n) is 3.61. The first-order valence-electron chi connectivity index (χ1n) is 11.1. The molecule has 0 unspecified atom stereocenters. The standard InChI is InChI=1S/C27H30N2O6/c1-32-22-11-9-18(15-24(22)34-3)13-14-28-27(31)20-7-5-6-8-21(20)29-26(30)17-19-10-12-23(33-2)25(16-19)35-4/h5-12,15-16H,13-14,17H2,1-4H3,(H,28,31)(H,29,30). The summed E-state index contributed by atoms with van der Waals surface area (Å²) in [6.07, 6.45) is 0.732. The molecule has 3 aromatic carbocycles. The van der Waals surface area contributed by atoms with E-state index >= 15 is 0 Å². The number of carbonyl (C=O) groups is 2. The van der Waals surface area contributed by atoms with Crippen LogP contribution in [0.25, 0.3) is 0 Å². The third-order valence-electron chi connectivity index (χ3n) is 5.41. The Hall–Kier alpha value is -4.20. The highest BCUT2D eigenvalue weighted by molar-refractivity contribution is 6.04. The van der Waals surface area contributed by atoms with Crippen molar-refractivity contribution < 1.29 is 28.5 Å². The summed E-state index contributed by atoms with van der Waals surface area (Å²) in [5.74, 6) is 1.91. The van der Waals surface area contributed by atoms with Gasteiger partial charge in [-0.1, -0.05) is 24.3 Å². The van der Waals surface area contributed by atoms with Gasteiger partial charge >= 0.3 is 0 Å². The van der Waals surface area contributed by atoms with E-state index in [1.54, 1.807) is 70.9 Å². The molecule has 8 heteroatoms. The zero-order chi connectivity index (χ0) is 25.2. The molecular weight excluding hydrogens is 448 g/mol. The molecule has 8 nitrogen and oxygen atoms in total. The fraction of sp³-hybridized carbons (Fsp3) is 0.259. The second-order valence-corrected chi connectivity index (χ2v) is 7.66. The van der Waals surface area contributed by atoms with Crippen LogP contribution in [0.2, 0.25) is 0 Å². The molecule has 0 fully saturated rings. The van der Waals surface area contributed by atoms with Crippen LogP contribution in [0, 0.1) is 0 Å². The SMILES string of the molecule is COc1ccc(CCNC(=O)c2ccccc2NC(=O)Cc2ccc(OC)c(OC)c2)cc1OC. The van der Waals surface area contributed by atoms with E-state index in [1.165, 1.54) is 0 Å². The lowest BCUT2D eigenvalue weighted by Crippen LogP contribution is -2.27. The van der Waals surface area contributed by atoms with E-state index < -0.39 is 0 Å². The monoisotopic (exact) mass is 478 g/mol. The lowest BCUT2D eigenvalue weighted by molar-refractivity contribution is -0.115. The molecule has 0 aliphatic heterocycles. The number of rotatable bonds is 11. The molecule has 0 saturated heterocycles. The van der Waals surface area contributed by atoms with Crippen molar-refractivity contribution in [3.63, 3.8) is 0 Å². The molecule has 2 N–H and O–H groups in total. The minimum atomic E-state index is -0.271. The van der Waals surface area contributed by atoms with Crippen LogP contribution in [-0.4, -0.2) is 46.8 Å². The van der Waals surface area contributed by atoms with Gasteiger partial charge in [0, 0.05) is 6.54 Å². The molecule has 0 aliphatic rings. The topological polar surface area (TPSA) is 95.1 Å². The number of para-hydroxylation sites is 1. The summed E-state index contributed by atoms with van der Waals surface area (Å²) in [5.41, 5.74) is 2.60. The first-order chi connectivity index (χ1) is 17.0. The molecule has 3 aromatic rings. The molecule has 0 atom stereocenters. The maximum absolute atomic E-state index is 12.8. The van der Waals surface area contributed by atoms with Crippen LogP contribution in [0.15, 0.2) is 60.7 Å². The number of nitrogens with one attached hydrogen (secondary N) is 2. The predicted molar refractivity (Wildman–Crippen MR) is 134 cm³/mol. The van der Waals surface area contributed by atoms with Gasteiger partial charge in [-0.05, 0) is 53.9 Å². The average molecular weight is 479 g/mol. The predicted octanol–water partition coefficient (Wildman–Crippen LogP) is 3.87. The number of methoxy groups -OCH3 is 4. The third-order valence-corrected chi connectivity index (χ3v) is 5.41. The first kappa shape index (κ1) is 25.4. The van der Waals surface area contributed by atoms with Gasteiger partial charge in [-0.3, -0.25) is 9.59 Å². The number of anilines is 1. The second kappa shape index (κ2) is 12.3. The first-order valence-corrected chi connectivity index (χ1v) is 11.1. The zero-order valence-electron chi connectivity index (χ0n) is 20.3. The van der Waals surface area contributed by atoms with Crippen LogP contribution in [0.3, 0.4) is 0 Å². The Morgan fingerprint density at radius 3 is 1.91 bits per heavy atom. The molecule has 184 valence electrons. The molecule has 0 aromatic heterocycles. The van der Waals surface area contributed by atoms with Crippen LogP contribution in [0.4, 0.5) is 5.69 Å². The molecule has 0 bridgehead atoms. The summed E-state index contributed by atoms with van der Waals surface area (Å²) in [7, 11) is 6.27. The van der Waals surface area contributed by atoms with Gasteiger partial charge in [0.05, 0.1) is 46.1 Å². The van der Waals surface area contributed by atoms with Crippen molar-refractivity contribution in [3.8, 4) is 23.0 Å². The summed E-state index contributed by atoms with van der Waals surface area (Å²) in [6, 6.07) is 17.9. The molecule has 35 heavy (non-hydrogen) atoms. The van der Waals surface area contributed by atoms with Crippen LogP contribution < -0.4 is 29.6 Å². The Labute approximate surface area is 205 Å². The van der Waals surface area contributed by atoms with Crippen molar-refractivity contribution in [1.82, 2.24) is 5.32 Å². The van der Waals surface area contributed by atoms with Crippen LogP contribution >= 0.6 is 0 Å². The van der Waals surface area contributed by atoms with E-state index in [4.69, 9.17) is 18.9 Å². The molecule has 0 spiro atoms. The summed E-state index contributed by atoms with van der Waals surface area (Å²) >= 11 is 0. The largest absolute Gasteiger partial charge is 0.493 e. The highest BCUT2D eigenvalue weighted by Crippen LogP contribution is 2.28. The molecule has 0 radical (unpaired) electrons. The van der Waals surface area contributed by atoms with Crippen molar-refractivity contribution in [2.75, 3.05) is 40.3 Å². The van der Waals surface area contributed by atoms with E-state index in [9.17, 15) is 9.59 Å². The molecule has 0 saturated carbocycles. The van der Waals surface area contributed by atoms with Gasteiger partial charge in [0.1, 0.15) is 0 Å². The van der Waals surface area contributed by atoms with Gasteiger partial charge in [-0.25, -0.2) is 0 Å². The van der Waals surface area contributed by atoms with E-state index in [0.29, 0.717) is 47.2 Å². The lowest BCUT2D eigenvalue weighted by Gasteiger charge is -2.13. The van der Waals surface area contributed by atoms with E-state index in [1.807, 2.05) is 18.2 Å². The van der Waals surface area contributed by atoms with Gasteiger partial charge < -0.3 is 29.6 Å². The second-order valence-electron chi connectivity index (χ2n) is 7.66. The van der Waals surface area contributed by atoms with Crippen molar-refractivity contribution in [2.24, 2.45) is 0 Å². The quantitative estimate of drug-likeness (QED) is 0.434. The molecular formula is C27H30N2O6. The number of hydrogen-bond acceptors (Lipinski definition) is 6. The summed E-state index contributed by atoms with van der Waals surface area (Å²) < 4.78 is 21.1. The molecule has 0 aliphatic carbocycles. The van der Waals surface area contributed by atoms with E-state index in [0.717, 1.165) is 11.1 Å². The molecule has 3 rings (SSSR count). The van der Waals surface area contributed by atoms with Gasteiger partial charge in [0.25, 0.3) is 5.91 Å². The zero-order valence-corrected chi connectivity index (χ0v) is 20.3. The third kappa shape index (κ3) is 6.66. The normalized spacial score (nSPS) is 10.3. The van der Waals surface area contributed by atoms with Crippen LogP contribution in [0.5, 0.6) is 23.0 Å². The van der Waals surface area contributed by atoms with Crippen LogP contribution in [0.1, 0.15) is 21.5 Å². The smallest absolute Gasteiger partial charge is 0.253 e. The summed E-state index contributed by atoms with van der Waals surface area (Å²) in [4.78, 5) is 25.5. The number of benzene rings is 3. The number of amides is 2. The number of hydrogen-bond donors (Lipinski definition) is 2.